The van der Waals surface area contributed by atoms with E-state index >= 15 is 0 Å². The molecule has 0 bridgehead atoms. The summed E-state index contributed by atoms with van der Waals surface area (Å²) in [6.07, 6.45) is 3.16. The van der Waals surface area contributed by atoms with Crippen molar-refractivity contribution in [1.29, 1.82) is 0 Å². The van der Waals surface area contributed by atoms with Crippen LogP contribution in [-0.4, -0.2) is 28.7 Å². The first-order valence-electron chi connectivity index (χ1n) is 9.17. The van der Waals surface area contributed by atoms with Gasteiger partial charge < -0.3 is 14.8 Å². The van der Waals surface area contributed by atoms with Gasteiger partial charge in [-0.3, -0.25) is 4.79 Å². The fraction of sp³-hybridized carbons (Fsp3) is 0.227. The summed E-state index contributed by atoms with van der Waals surface area (Å²) >= 11 is 1.29. The number of carbonyl (C=O) groups excluding carboxylic acids is 1. The number of para-hydroxylation sites is 1. The molecule has 3 aromatic rings. The van der Waals surface area contributed by atoms with Gasteiger partial charge in [0.1, 0.15) is 11.5 Å². The molecule has 0 aliphatic rings. The number of thioether (sulfide) groups is 1. The third-order valence-corrected chi connectivity index (χ3v) is 5.23. The van der Waals surface area contributed by atoms with E-state index in [0.717, 1.165) is 16.9 Å². The Morgan fingerprint density at radius 3 is 2.55 bits per heavy atom. The smallest absolute Gasteiger partial charge is 0.252 e. The Labute approximate surface area is 174 Å². The average molecular weight is 410 g/mol. The Morgan fingerprint density at radius 2 is 1.83 bits per heavy atom. The van der Waals surface area contributed by atoms with Crippen LogP contribution >= 0.6 is 11.8 Å². The van der Waals surface area contributed by atoms with Crippen LogP contribution in [0.1, 0.15) is 24.1 Å². The third-order valence-electron chi connectivity index (χ3n) is 4.27. The highest BCUT2D eigenvalue weighted by molar-refractivity contribution is 8.00. The number of aromatic nitrogens is 2. The molecule has 1 amide bonds. The quantitative estimate of drug-likeness (QED) is 0.550. The minimum Gasteiger partial charge on any atom is -0.497 e. The minimum atomic E-state index is -0.112. The molecule has 150 valence electrons. The first-order valence-corrected chi connectivity index (χ1v) is 10.2. The van der Waals surface area contributed by atoms with Crippen molar-refractivity contribution in [3.05, 3.63) is 72.1 Å². The molecule has 3 rings (SSSR count). The van der Waals surface area contributed by atoms with Crippen LogP contribution in [0.25, 0.3) is 0 Å². The Kier molecular flexibility index (Phi) is 7.08. The number of nitrogens with zero attached hydrogens (tertiary/aromatic N) is 2. The molecule has 0 saturated heterocycles. The Balaban J connectivity index is 1.59. The van der Waals surface area contributed by atoms with Gasteiger partial charge in [-0.25, -0.2) is 9.97 Å². The summed E-state index contributed by atoms with van der Waals surface area (Å²) in [4.78, 5) is 21.0. The second kappa shape index (κ2) is 9.93. The van der Waals surface area contributed by atoms with Crippen LogP contribution in [0.2, 0.25) is 0 Å². The van der Waals surface area contributed by atoms with Gasteiger partial charge in [-0.15, -0.1) is 0 Å². The van der Waals surface area contributed by atoms with E-state index in [2.05, 4.69) is 15.3 Å². The van der Waals surface area contributed by atoms with E-state index in [-0.39, 0.29) is 17.7 Å². The summed E-state index contributed by atoms with van der Waals surface area (Å²) in [6.45, 7) is 3.91. The molecule has 0 aliphatic heterocycles. The van der Waals surface area contributed by atoms with E-state index < -0.39 is 0 Å². The van der Waals surface area contributed by atoms with Gasteiger partial charge in [0, 0.05) is 12.4 Å². The lowest BCUT2D eigenvalue weighted by Gasteiger charge is -2.15. The third kappa shape index (κ3) is 5.71. The second-order valence-corrected chi connectivity index (χ2v) is 7.35. The largest absolute Gasteiger partial charge is 0.497 e. The van der Waals surface area contributed by atoms with Gasteiger partial charge in [-0.05, 0) is 43.2 Å². The molecule has 1 N–H and O–H groups in total. The number of nitrogens with one attached hydrogen (secondary N) is 1. The van der Waals surface area contributed by atoms with Gasteiger partial charge in [0.2, 0.25) is 5.91 Å². The molecule has 1 aromatic heterocycles. The number of benzene rings is 2. The molecule has 7 heteroatoms. The van der Waals surface area contributed by atoms with E-state index in [1.807, 2.05) is 62.4 Å². The molecular weight excluding hydrogens is 386 g/mol. The molecule has 1 atom stereocenters. The van der Waals surface area contributed by atoms with E-state index in [1.54, 1.807) is 19.5 Å². The molecule has 0 aliphatic carbocycles. The molecule has 2 aromatic carbocycles. The van der Waals surface area contributed by atoms with Crippen molar-refractivity contribution in [3.63, 3.8) is 0 Å². The van der Waals surface area contributed by atoms with Crippen LogP contribution < -0.4 is 14.8 Å². The van der Waals surface area contributed by atoms with Crippen LogP contribution in [0, 0.1) is 6.92 Å². The lowest BCUT2D eigenvalue weighted by molar-refractivity contribution is -0.119. The Morgan fingerprint density at radius 1 is 1.10 bits per heavy atom. The highest BCUT2D eigenvalue weighted by Crippen LogP contribution is 2.30. The van der Waals surface area contributed by atoms with Gasteiger partial charge in [0.25, 0.3) is 5.88 Å². The number of hydrogen-bond donors (Lipinski definition) is 1. The normalized spacial score (nSPS) is 11.6. The van der Waals surface area contributed by atoms with Crippen molar-refractivity contribution in [2.75, 3.05) is 12.9 Å². The summed E-state index contributed by atoms with van der Waals surface area (Å²) in [7, 11) is 1.63. The summed E-state index contributed by atoms with van der Waals surface area (Å²) in [5.41, 5.74) is 2.01. The standard InChI is InChI=1S/C22H23N3O3S/c1-15-6-4-5-7-19(15)28-21-22(24-13-12-23-21)29-14-20(26)25-16(2)17-8-10-18(27-3)11-9-17/h4-13,16H,14H2,1-3H3,(H,25,26). The summed E-state index contributed by atoms with van der Waals surface area (Å²) in [5, 5.41) is 3.56. The zero-order valence-electron chi connectivity index (χ0n) is 16.6. The minimum absolute atomic E-state index is 0.0918. The summed E-state index contributed by atoms with van der Waals surface area (Å²) < 4.78 is 11.1. The molecular formula is C22H23N3O3S. The van der Waals surface area contributed by atoms with E-state index in [0.29, 0.717) is 16.7 Å². The molecule has 0 saturated carbocycles. The number of aryl methyl sites for hydroxylation is 1. The monoisotopic (exact) mass is 409 g/mol. The number of hydrogen-bond acceptors (Lipinski definition) is 6. The Bertz CT molecular complexity index is 964. The van der Waals surface area contributed by atoms with Crippen LogP contribution in [-0.2, 0) is 4.79 Å². The van der Waals surface area contributed by atoms with Crippen LogP contribution in [0.5, 0.6) is 17.4 Å². The zero-order chi connectivity index (χ0) is 20.6. The number of amides is 1. The molecule has 0 fully saturated rings. The van der Waals surface area contributed by atoms with Crippen molar-refractivity contribution in [1.82, 2.24) is 15.3 Å². The highest BCUT2D eigenvalue weighted by Gasteiger charge is 2.14. The van der Waals surface area contributed by atoms with Crippen LogP contribution in [0.4, 0.5) is 0 Å². The van der Waals surface area contributed by atoms with Crippen LogP contribution in [0.15, 0.2) is 66.0 Å². The van der Waals surface area contributed by atoms with Crippen molar-refractivity contribution >= 4 is 17.7 Å². The average Bonchev–Trinajstić information content (AvgIpc) is 2.74. The molecule has 29 heavy (non-hydrogen) atoms. The fourth-order valence-electron chi connectivity index (χ4n) is 2.65. The van der Waals surface area contributed by atoms with E-state index in [1.165, 1.54) is 11.8 Å². The maximum atomic E-state index is 12.4. The van der Waals surface area contributed by atoms with Crippen molar-refractivity contribution in [3.8, 4) is 17.4 Å². The summed E-state index contributed by atoms with van der Waals surface area (Å²) in [6, 6.07) is 15.2. The van der Waals surface area contributed by atoms with E-state index in [4.69, 9.17) is 9.47 Å². The fourth-order valence-corrected chi connectivity index (χ4v) is 3.35. The lowest BCUT2D eigenvalue weighted by Crippen LogP contribution is -2.28. The van der Waals surface area contributed by atoms with E-state index in [9.17, 15) is 4.79 Å². The van der Waals surface area contributed by atoms with Crippen molar-refractivity contribution in [2.24, 2.45) is 0 Å². The topological polar surface area (TPSA) is 73.3 Å². The van der Waals surface area contributed by atoms with Gasteiger partial charge in [0.15, 0.2) is 5.03 Å². The zero-order valence-corrected chi connectivity index (χ0v) is 17.4. The molecule has 1 unspecified atom stereocenters. The molecule has 0 spiro atoms. The predicted octanol–water partition coefficient (Wildman–Crippen LogP) is 4.56. The number of methoxy groups -OCH3 is 1. The second-order valence-electron chi connectivity index (χ2n) is 6.39. The highest BCUT2D eigenvalue weighted by atomic mass is 32.2. The molecule has 6 nitrogen and oxygen atoms in total. The van der Waals surface area contributed by atoms with Crippen molar-refractivity contribution < 1.29 is 14.3 Å². The molecule has 1 heterocycles. The number of ether oxygens (including phenoxy) is 2. The number of rotatable bonds is 8. The van der Waals surface area contributed by atoms with Gasteiger partial charge in [0.05, 0.1) is 18.9 Å². The maximum Gasteiger partial charge on any atom is 0.252 e. The van der Waals surface area contributed by atoms with Crippen molar-refractivity contribution in [2.45, 2.75) is 24.9 Å². The van der Waals surface area contributed by atoms with Crippen LogP contribution in [0.3, 0.4) is 0 Å². The SMILES string of the molecule is COc1ccc(C(C)NC(=O)CSc2nccnc2Oc2ccccc2C)cc1. The first kappa shape index (κ1) is 20.7. The lowest BCUT2D eigenvalue weighted by atomic mass is 10.1. The summed E-state index contributed by atoms with van der Waals surface area (Å²) in [5.74, 6) is 2.01. The maximum absolute atomic E-state index is 12.4. The van der Waals surface area contributed by atoms with Gasteiger partial charge in [-0.1, -0.05) is 42.1 Å². The predicted molar refractivity (Wildman–Crippen MR) is 114 cm³/mol. The van der Waals surface area contributed by atoms with Gasteiger partial charge >= 0.3 is 0 Å². The van der Waals surface area contributed by atoms with Gasteiger partial charge in [-0.2, -0.15) is 0 Å². The Hall–Kier alpha value is -3.06. The number of carbonyl (C=O) groups is 1. The first-order chi connectivity index (χ1) is 14.1. The molecule has 0 radical (unpaired) electrons.